The van der Waals surface area contributed by atoms with Gasteiger partial charge in [-0.3, -0.25) is 9.59 Å². The van der Waals surface area contributed by atoms with Crippen molar-refractivity contribution in [1.82, 2.24) is 5.32 Å². The van der Waals surface area contributed by atoms with Crippen molar-refractivity contribution in [1.29, 1.82) is 0 Å². The zero-order chi connectivity index (χ0) is 13.0. The number of benzene rings is 1. The van der Waals surface area contributed by atoms with Crippen molar-refractivity contribution in [2.75, 3.05) is 0 Å². The predicted octanol–water partition coefficient (Wildman–Crippen LogP) is 2.18. The third-order valence-electron chi connectivity index (χ3n) is 2.05. The van der Waals surface area contributed by atoms with Gasteiger partial charge in [-0.25, -0.2) is 4.39 Å². The Hall–Kier alpha value is -1.43. The molecule has 0 spiro atoms. The first kappa shape index (κ1) is 13.6. The number of hydrogen-bond donors (Lipinski definition) is 2. The van der Waals surface area contributed by atoms with E-state index in [9.17, 15) is 14.0 Å². The van der Waals surface area contributed by atoms with Gasteiger partial charge in [0.25, 0.3) is 5.91 Å². The van der Waals surface area contributed by atoms with Gasteiger partial charge in [0, 0.05) is 6.04 Å². The Labute approximate surface area is 106 Å². The van der Waals surface area contributed by atoms with E-state index in [1.807, 2.05) is 0 Å². The van der Waals surface area contributed by atoms with Crippen LogP contribution in [0.3, 0.4) is 0 Å². The number of halogens is 2. The first-order chi connectivity index (χ1) is 7.91. The van der Waals surface area contributed by atoms with Crippen LogP contribution in [0, 0.1) is 5.82 Å². The molecule has 0 heterocycles. The molecular formula is C11H11BrFNO3. The van der Waals surface area contributed by atoms with E-state index in [0.717, 1.165) is 0 Å². The lowest BCUT2D eigenvalue weighted by Gasteiger charge is -2.12. The summed E-state index contributed by atoms with van der Waals surface area (Å²) in [7, 11) is 0. The minimum Gasteiger partial charge on any atom is -0.481 e. The van der Waals surface area contributed by atoms with Crippen molar-refractivity contribution < 1.29 is 19.1 Å². The minimum atomic E-state index is -1.02. The summed E-state index contributed by atoms with van der Waals surface area (Å²) in [4.78, 5) is 22.1. The molecule has 1 amide bonds. The molecule has 0 fully saturated rings. The van der Waals surface area contributed by atoms with Gasteiger partial charge in [0.15, 0.2) is 0 Å². The van der Waals surface area contributed by atoms with E-state index in [2.05, 4.69) is 21.2 Å². The van der Waals surface area contributed by atoms with Gasteiger partial charge >= 0.3 is 5.97 Å². The Morgan fingerprint density at radius 2 is 2.18 bits per heavy atom. The molecule has 0 bridgehead atoms. The second kappa shape index (κ2) is 5.77. The molecule has 92 valence electrons. The topological polar surface area (TPSA) is 66.4 Å². The van der Waals surface area contributed by atoms with E-state index in [4.69, 9.17) is 5.11 Å². The largest absolute Gasteiger partial charge is 0.481 e. The van der Waals surface area contributed by atoms with E-state index in [0.29, 0.717) is 0 Å². The first-order valence-electron chi connectivity index (χ1n) is 4.88. The molecule has 0 aromatic heterocycles. The summed E-state index contributed by atoms with van der Waals surface area (Å²) in [6.45, 7) is 1.54. The Balaban J connectivity index is 2.77. The highest BCUT2D eigenvalue weighted by molar-refractivity contribution is 9.10. The fourth-order valence-electron chi connectivity index (χ4n) is 1.29. The molecule has 17 heavy (non-hydrogen) atoms. The number of carbonyl (C=O) groups excluding carboxylic acids is 1. The highest BCUT2D eigenvalue weighted by Crippen LogP contribution is 2.18. The third-order valence-corrected chi connectivity index (χ3v) is 2.67. The summed E-state index contributed by atoms with van der Waals surface area (Å²) in [5, 5.41) is 10.9. The number of carboxylic acids is 1. The van der Waals surface area contributed by atoms with Crippen molar-refractivity contribution in [2.24, 2.45) is 0 Å². The van der Waals surface area contributed by atoms with Crippen LogP contribution in [0.1, 0.15) is 23.7 Å². The van der Waals surface area contributed by atoms with Gasteiger partial charge in [-0.15, -0.1) is 0 Å². The SMILES string of the molecule is CC(CC(=O)O)NC(=O)c1cccc(Br)c1F. The molecule has 1 rings (SSSR count). The fourth-order valence-corrected chi connectivity index (χ4v) is 1.66. The maximum Gasteiger partial charge on any atom is 0.305 e. The van der Waals surface area contributed by atoms with Crippen molar-refractivity contribution in [3.05, 3.63) is 34.1 Å². The Morgan fingerprint density at radius 1 is 1.53 bits per heavy atom. The highest BCUT2D eigenvalue weighted by Gasteiger charge is 2.16. The van der Waals surface area contributed by atoms with Gasteiger partial charge in [0.1, 0.15) is 5.82 Å². The third kappa shape index (κ3) is 3.81. The normalized spacial score (nSPS) is 11.9. The molecule has 1 aromatic rings. The van der Waals surface area contributed by atoms with Gasteiger partial charge in [0.05, 0.1) is 16.5 Å². The van der Waals surface area contributed by atoms with Gasteiger partial charge in [-0.2, -0.15) is 0 Å². The quantitative estimate of drug-likeness (QED) is 0.896. The molecular weight excluding hydrogens is 293 g/mol. The van der Waals surface area contributed by atoms with Crippen LogP contribution in [0.15, 0.2) is 22.7 Å². The maximum absolute atomic E-state index is 13.5. The zero-order valence-corrected chi connectivity index (χ0v) is 10.6. The van der Waals surface area contributed by atoms with E-state index >= 15 is 0 Å². The number of carboxylic acid groups (broad SMARTS) is 1. The van der Waals surface area contributed by atoms with Gasteiger partial charge in [-0.1, -0.05) is 6.07 Å². The lowest BCUT2D eigenvalue weighted by Crippen LogP contribution is -2.34. The van der Waals surface area contributed by atoms with Crippen molar-refractivity contribution >= 4 is 27.8 Å². The fraction of sp³-hybridized carbons (Fsp3) is 0.273. The molecule has 0 aliphatic rings. The summed E-state index contributed by atoms with van der Waals surface area (Å²) in [5.41, 5.74) is -0.114. The first-order valence-corrected chi connectivity index (χ1v) is 5.67. The molecule has 4 nitrogen and oxygen atoms in total. The standard InChI is InChI=1S/C11H11BrFNO3/c1-6(5-9(15)16)14-11(17)7-3-2-4-8(12)10(7)13/h2-4,6H,5H2,1H3,(H,14,17)(H,15,16). The summed E-state index contributed by atoms with van der Waals surface area (Å²) >= 11 is 2.97. The lowest BCUT2D eigenvalue weighted by molar-refractivity contribution is -0.137. The molecule has 0 aliphatic carbocycles. The molecule has 0 saturated carbocycles. The van der Waals surface area contributed by atoms with E-state index in [1.54, 1.807) is 6.92 Å². The smallest absolute Gasteiger partial charge is 0.305 e. The molecule has 1 aromatic carbocycles. The number of hydrogen-bond acceptors (Lipinski definition) is 2. The number of aliphatic carboxylic acids is 1. The average Bonchev–Trinajstić information content (AvgIpc) is 2.20. The number of rotatable bonds is 4. The zero-order valence-electron chi connectivity index (χ0n) is 9.04. The van der Waals surface area contributed by atoms with E-state index < -0.39 is 23.7 Å². The van der Waals surface area contributed by atoms with Crippen molar-refractivity contribution in [3.63, 3.8) is 0 Å². The summed E-state index contributed by atoms with van der Waals surface area (Å²) in [6.07, 6.45) is -0.207. The van der Waals surface area contributed by atoms with Crippen LogP contribution in [0.5, 0.6) is 0 Å². The molecule has 0 radical (unpaired) electrons. The molecule has 1 unspecified atom stereocenters. The molecule has 0 saturated heterocycles. The lowest BCUT2D eigenvalue weighted by atomic mass is 10.1. The monoisotopic (exact) mass is 303 g/mol. The Morgan fingerprint density at radius 3 is 2.76 bits per heavy atom. The minimum absolute atomic E-state index is 0.114. The van der Waals surface area contributed by atoms with Crippen LogP contribution in [0.4, 0.5) is 4.39 Å². The van der Waals surface area contributed by atoms with Crippen LogP contribution < -0.4 is 5.32 Å². The number of carbonyl (C=O) groups is 2. The maximum atomic E-state index is 13.5. The van der Waals surface area contributed by atoms with Gasteiger partial charge < -0.3 is 10.4 Å². The number of nitrogens with one attached hydrogen (secondary N) is 1. The molecule has 2 N–H and O–H groups in total. The average molecular weight is 304 g/mol. The summed E-state index contributed by atoms with van der Waals surface area (Å²) < 4.78 is 13.7. The molecule has 1 atom stereocenters. The van der Waals surface area contributed by atoms with Crippen LogP contribution >= 0.6 is 15.9 Å². The van der Waals surface area contributed by atoms with Crippen LogP contribution in [0.2, 0.25) is 0 Å². The Kier molecular flexibility index (Phi) is 4.62. The Bertz CT molecular complexity index is 450. The molecule has 0 aliphatic heterocycles. The van der Waals surface area contributed by atoms with E-state index in [1.165, 1.54) is 18.2 Å². The van der Waals surface area contributed by atoms with Crippen LogP contribution in [-0.4, -0.2) is 23.0 Å². The highest BCUT2D eigenvalue weighted by atomic mass is 79.9. The number of amides is 1. The van der Waals surface area contributed by atoms with Crippen molar-refractivity contribution in [2.45, 2.75) is 19.4 Å². The predicted molar refractivity (Wildman–Crippen MR) is 63.3 cm³/mol. The van der Waals surface area contributed by atoms with Gasteiger partial charge in [-0.05, 0) is 35.0 Å². The van der Waals surface area contributed by atoms with Crippen LogP contribution in [-0.2, 0) is 4.79 Å². The second-order valence-electron chi connectivity index (χ2n) is 3.57. The summed E-state index contributed by atoms with van der Waals surface area (Å²) in [6, 6.07) is 3.79. The van der Waals surface area contributed by atoms with Crippen molar-refractivity contribution in [3.8, 4) is 0 Å². The van der Waals surface area contributed by atoms with E-state index in [-0.39, 0.29) is 16.5 Å². The molecule has 6 heteroatoms. The van der Waals surface area contributed by atoms with Crippen LogP contribution in [0.25, 0.3) is 0 Å². The summed E-state index contributed by atoms with van der Waals surface area (Å²) in [5.74, 6) is -2.31. The second-order valence-corrected chi connectivity index (χ2v) is 4.43. The van der Waals surface area contributed by atoms with Gasteiger partial charge in [0.2, 0.25) is 0 Å².